The Balaban J connectivity index is 2.59. The molecule has 0 saturated carbocycles. The van der Waals surface area contributed by atoms with Gasteiger partial charge in [0.15, 0.2) is 0 Å². The minimum Gasteiger partial charge on any atom is -0.0961 e. The number of benzene rings is 1. The van der Waals surface area contributed by atoms with Crippen molar-refractivity contribution in [2.75, 3.05) is 0 Å². The molecule has 0 aliphatic rings. The van der Waals surface area contributed by atoms with Gasteiger partial charge in [-0.2, -0.15) is 0 Å². The lowest BCUT2D eigenvalue weighted by Crippen LogP contribution is -1.74. The van der Waals surface area contributed by atoms with Crippen LogP contribution in [-0.4, -0.2) is 0 Å². The maximum atomic E-state index is 3.98. The average molecular weight is 216 g/mol. The average Bonchev–Trinajstić information content (AvgIpc) is 2.19. The Labute approximate surface area is 96.4 Å². The van der Waals surface area contributed by atoms with Crippen LogP contribution in [0.3, 0.4) is 0 Å². The highest BCUT2D eigenvalue weighted by Crippen LogP contribution is 2.26. The normalized spacial score (nSPS) is 10.5. The molecule has 0 atom stereocenters. The van der Waals surface area contributed by atoms with Gasteiger partial charge in [-0.3, -0.25) is 0 Å². The summed E-state index contributed by atoms with van der Waals surface area (Å²) in [6.07, 6.45) is 3.97. The van der Waals surface area contributed by atoms with E-state index in [0.29, 0.717) is 0 Å². The van der Waals surface area contributed by atoms with Crippen molar-refractivity contribution in [3.63, 3.8) is 0 Å². The minimum absolute atomic E-state index is 1.03. The highest BCUT2D eigenvalue weighted by Gasteiger charge is 1.94. The first-order valence-electron chi connectivity index (χ1n) is 4.85. The largest absolute Gasteiger partial charge is 0.0961 e. The Morgan fingerprint density at radius 1 is 1.13 bits per heavy atom. The van der Waals surface area contributed by atoms with Gasteiger partial charge < -0.3 is 0 Å². The third-order valence-corrected chi connectivity index (χ3v) is 2.73. The van der Waals surface area contributed by atoms with Crippen LogP contribution in [-0.2, 0) is 0 Å². The molecule has 0 radical (unpaired) electrons. The van der Waals surface area contributed by atoms with Gasteiger partial charge in [0.2, 0.25) is 0 Å². The molecule has 1 heteroatoms. The third kappa shape index (κ3) is 4.71. The molecule has 0 fully saturated rings. The van der Waals surface area contributed by atoms with E-state index in [1.807, 2.05) is 19.1 Å². The summed E-state index contributed by atoms with van der Waals surface area (Å²) in [4.78, 5) is 2.25. The van der Waals surface area contributed by atoms with E-state index in [-0.39, 0.29) is 0 Å². The Hall–Kier alpha value is -1.21. The van der Waals surface area contributed by atoms with Gasteiger partial charge in [-0.25, -0.2) is 0 Å². The highest BCUT2D eigenvalue weighted by atomic mass is 32.2. The summed E-state index contributed by atoms with van der Waals surface area (Å²) in [7, 11) is 0. The first kappa shape index (κ1) is 11.9. The lowest BCUT2D eigenvalue weighted by molar-refractivity contribution is 1.38. The second kappa shape index (κ2) is 5.62. The van der Waals surface area contributed by atoms with E-state index in [1.54, 1.807) is 11.8 Å². The molecule has 0 heterocycles. The van der Waals surface area contributed by atoms with E-state index >= 15 is 0 Å². The molecule has 0 amide bonds. The van der Waals surface area contributed by atoms with Crippen molar-refractivity contribution in [2.24, 2.45) is 0 Å². The zero-order valence-electron chi connectivity index (χ0n) is 9.29. The van der Waals surface area contributed by atoms with Crippen molar-refractivity contribution in [3.8, 4) is 0 Å². The Morgan fingerprint density at radius 3 is 2.27 bits per heavy atom. The van der Waals surface area contributed by atoms with Crippen molar-refractivity contribution >= 4 is 11.8 Å². The predicted molar refractivity (Wildman–Crippen MR) is 70.1 cm³/mol. The van der Waals surface area contributed by atoms with E-state index in [2.05, 4.69) is 44.3 Å². The molecule has 1 aromatic carbocycles. The smallest absolute Gasteiger partial charge is 0.0122 e. The zero-order chi connectivity index (χ0) is 11.3. The third-order valence-electron chi connectivity index (χ3n) is 1.82. The van der Waals surface area contributed by atoms with Crippen LogP contribution >= 0.6 is 11.8 Å². The molecule has 0 bridgehead atoms. The number of aryl methyl sites for hydroxylation is 1. The minimum atomic E-state index is 1.03. The Morgan fingerprint density at radius 2 is 1.73 bits per heavy atom. The number of allylic oxidation sites excluding steroid dienone is 3. The topological polar surface area (TPSA) is 0 Å². The van der Waals surface area contributed by atoms with Crippen molar-refractivity contribution < 1.29 is 0 Å². The van der Waals surface area contributed by atoms with E-state index < -0.39 is 0 Å². The highest BCUT2D eigenvalue weighted by molar-refractivity contribution is 8.03. The molecule has 0 nitrogen and oxygen atoms in total. The van der Waals surface area contributed by atoms with Gasteiger partial charge in [0.1, 0.15) is 0 Å². The molecule has 1 aromatic rings. The summed E-state index contributed by atoms with van der Waals surface area (Å²) in [5.74, 6) is 0. The number of hydrogen-bond donors (Lipinski definition) is 0. The van der Waals surface area contributed by atoms with E-state index in [4.69, 9.17) is 0 Å². The van der Waals surface area contributed by atoms with E-state index in [1.165, 1.54) is 10.5 Å². The molecule has 0 aromatic heterocycles. The molecule has 0 N–H and O–H groups in total. The van der Waals surface area contributed by atoms with E-state index in [9.17, 15) is 0 Å². The summed E-state index contributed by atoms with van der Waals surface area (Å²) in [5, 5.41) is 0. The maximum Gasteiger partial charge on any atom is 0.0122 e. The van der Waals surface area contributed by atoms with E-state index in [0.717, 1.165) is 10.5 Å². The summed E-state index contributed by atoms with van der Waals surface area (Å²) < 4.78 is 0. The molecule has 0 spiro atoms. The van der Waals surface area contributed by atoms with Gasteiger partial charge in [0.25, 0.3) is 0 Å². The van der Waals surface area contributed by atoms with Crippen LogP contribution < -0.4 is 0 Å². The molecule has 0 aliphatic carbocycles. The van der Waals surface area contributed by atoms with Crippen LogP contribution in [0.4, 0.5) is 0 Å². The molecule has 0 unspecified atom stereocenters. The fourth-order valence-corrected chi connectivity index (χ4v) is 1.74. The Kier molecular flexibility index (Phi) is 4.44. The molecular weight excluding hydrogens is 200 g/mol. The summed E-state index contributed by atoms with van der Waals surface area (Å²) in [6.45, 7) is 11.8. The molecule has 15 heavy (non-hydrogen) atoms. The SMILES string of the molecule is C=C(C)/C=C\C(=C)Sc1ccc(C)cc1. The summed E-state index contributed by atoms with van der Waals surface area (Å²) in [6, 6.07) is 8.44. The van der Waals surface area contributed by atoms with Gasteiger partial charge in [-0.1, -0.05) is 54.3 Å². The van der Waals surface area contributed by atoms with Gasteiger partial charge in [-0.15, -0.1) is 0 Å². The molecule has 0 aliphatic heterocycles. The summed E-state index contributed by atoms with van der Waals surface area (Å²) >= 11 is 1.67. The van der Waals surface area contributed by atoms with Crippen molar-refractivity contribution in [3.05, 3.63) is 65.6 Å². The van der Waals surface area contributed by atoms with Crippen molar-refractivity contribution in [2.45, 2.75) is 18.7 Å². The van der Waals surface area contributed by atoms with Gasteiger partial charge in [0.05, 0.1) is 0 Å². The number of rotatable bonds is 4. The first-order valence-corrected chi connectivity index (χ1v) is 5.66. The van der Waals surface area contributed by atoms with Gasteiger partial charge in [0, 0.05) is 9.80 Å². The molecule has 0 saturated heterocycles. The second-order valence-corrected chi connectivity index (χ2v) is 4.76. The molecule has 1 rings (SSSR count). The van der Waals surface area contributed by atoms with Crippen LogP contribution in [0.25, 0.3) is 0 Å². The molecular formula is C14H16S. The fraction of sp³-hybridized carbons (Fsp3) is 0.143. The van der Waals surface area contributed by atoms with Crippen LogP contribution in [0, 0.1) is 6.92 Å². The Bertz CT molecular complexity index is 382. The van der Waals surface area contributed by atoms with Gasteiger partial charge in [-0.05, 0) is 32.1 Å². The fourth-order valence-electron chi connectivity index (χ4n) is 1.03. The standard InChI is InChI=1S/C14H16S/c1-11(2)5-8-13(4)15-14-9-6-12(3)7-10-14/h5-10H,1,4H2,2-3H3/b8-5-. The number of thioether (sulfide) groups is 1. The van der Waals surface area contributed by atoms with Crippen LogP contribution in [0.2, 0.25) is 0 Å². The zero-order valence-corrected chi connectivity index (χ0v) is 10.1. The van der Waals surface area contributed by atoms with Crippen LogP contribution in [0.1, 0.15) is 12.5 Å². The second-order valence-electron chi connectivity index (χ2n) is 3.56. The van der Waals surface area contributed by atoms with Crippen molar-refractivity contribution in [1.82, 2.24) is 0 Å². The van der Waals surface area contributed by atoms with Crippen LogP contribution in [0.5, 0.6) is 0 Å². The van der Waals surface area contributed by atoms with Gasteiger partial charge >= 0.3 is 0 Å². The summed E-state index contributed by atoms with van der Waals surface area (Å²) in [5.41, 5.74) is 2.32. The quantitative estimate of drug-likeness (QED) is 0.518. The van der Waals surface area contributed by atoms with Crippen molar-refractivity contribution in [1.29, 1.82) is 0 Å². The van der Waals surface area contributed by atoms with Crippen LogP contribution in [0.15, 0.2) is 64.9 Å². The lowest BCUT2D eigenvalue weighted by Gasteiger charge is -2.01. The monoisotopic (exact) mass is 216 g/mol. The first-order chi connectivity index (χ1) is 7.08. The molecule has 78 valence electrons. The maximum absolute atomic E-state index is 3.98. The lowest BCUT2D eigenvalue weighted by atomic mass is 10.2. The number of hydrogen-bond acceptors (Lipinski definition) is 1. The predicted octanol–water partition coefficient (Wildman–Crippen LogP) is 4.73.